The number of hydrogen-bond donors (Lipinski definition) is 3. The molecule has 0 aromatic rings. The normalized spacial score (nSPS) is 8.20. The van der Waals surface area contributed by atoms with Gasteiger partial charge in [-0.3, -0.25) is 5.41 Å². The maximum Gasteiger partial charge on any atom is 0.114 e. The highest BCUT2D eigenvalue weighted by Crippen LogP contribution is 1.65. The Morgan fingerprint density at radius 3 is 1.90 bits per heavy atom. The van der Waals surface area contributed by atoms with E-state index in [2.05, 4.69) is 10.9 Å². The van der Waals surface area contributed by atoms with Crippen LogP contribution in [0.2, 0.25) is 0 Å². The third kappa shape index (κ3) is 5.81. The SMILES string of the molecule is CCNN(C=N)NCC.Cl. The smallest absolute Gasteiger partial charge is 0.114 e. The lowest BCUT2D eigenvalue weighted by Crippen LogP contribution is -2.46. The van der Waals surface area contributed by atoms with Gasteiger partial charge in [0.2, 0.25) is 0 Å². The van der Waals surface area contributed by atoms with Crippen LogP contribution < -0.4 is 10.9 Å². The van der Waals surface area contributed by atoms with Crippen molar-refractivity contribution in [1.82, 2.24) is 16.0 Å². The van der Waals surface area contributed by atoms with Gasteiger partial charge >= 0.3 is 0 Å². The van der Waals surface area contributed by atoms with Gasteiger partial charge in [-0.2, -0.15) is 0 Å². The van der Waals surface area contributed by atoms with Crippen LogP contribution in [-0.4, -0.2) is 24.5 Å². The van der Waals surface area contributed by atoms with Crippen molar-refractivity contribution in [2.75, 3.05) is 13.1 Å². The summed E-state index contributed by atoms with van der Waals surface area (Å²) in [7, 11) is 0. The number of hydrazine groups is 2. The Labute approximate surface area is 67.8 Å². The van der Waals surface area contributed by atoms with E-state index in [1.165, 1.54) is 11.5 Å². The predicted octanol–water partition coefficient (Wildman–Crippen LogP) is 0.366. The first-order valence-electron chi connectivity index (χ1n) is 3.12. The second-order valence-corrected chi connectivity index (χ2v) is 1.52. The molecule has 0 unspecified atom stereocenters. The molecule has 0 spiro atoms. The maximum absolute atomic E-state index is 6.84. The first kappa shape index (κ1) is 12.4. The summed E-state index contributed by atoms with van der Waals surface area (Å²) in [6.45, 7) is 5.60. The average molecular weight is 167 g/mol. The molecule has 4 nitrogen and oxygen atoms in total. The zero-order valence-corrected chi connectivity index (χ0v) is 7.16. The maximum atomic E-state index is 6.84. The Hall–Kier alpha value is -0.320. The number of nitrogens with one attached hydrogen (secondary N) is 3. The van der Waals surface area contributed by atoms with Crippen molar-refractivity contribution in [3.8, 4) is 0 Å². The van der Waals surface area contributed by atoms with E-state index >= 15 is 0 Å². The fraction of sp³-hybridized carbons (Fsp3) is 0.800. The van der Waals surface area contributed by atoms with Crippen molar-refractivity contribution in [2.45, 2.75) is 13.8 Å². The van der Waals surface area contributed by atoms with E-state index in [0.29, 0.717) is 0 Å². The molecule has 0 heterocycles. The molecule has 0 aliphatic carbocycles. The van der Waals surface area contributed by atoms with E-state index in [4.69, 9.17) is 5.41 Å². The van der Waals surface area contributed by atoms with Crippen LogP contribution in [0.15, 0.2) is 0 Å². The van der Waals surface area contributed by atoms with E-state index in [1.54, 1.807) is 0 Å². The van der Waals surface area contributed by atoms with Crippen LogP contribution in [0.3, 0.4) is 0 Å². The molecular formula is C5H15ClN4. The molecule has 0 radical (unpaired) electrons. The summed E-state index contributed by atoms with van der Waals surface area (Å²) in [5.41, 5.74) is 5.82. The molecule has 0 saturated carbocycles. The molecule has 10 heavy (non-hydrogen) atoms. The van der Waals surface area contributed by atoms with Crippen LogP contribution in [0.25, 0.3) is 0 Å². The molecule has 3 N–H and O–H groups in total. The zero-order chi connectivity index (χ0) is 7.11. The second kappa shape index (κ2) is 8.68. The van der Waals surface area contributed by atoms with Gasteiger partial charge in [-0.05, 0) is 0 Å². The summed E-state index contributed by atoms with van der Waals surface area (Å²) >= 11 is 0. The van der Waals surface area contributed by atoms with Crippen LogP contribution in [0, 0.1) is 5.41 Å². The molecule has 5 heteroatoms. The monoisotopic (exact) mass is 166 g/mol. The van der Waals surface area contributed by atoms with Crippen LogP contribution >= 0.6 is 12.4 Å². The molecule has 0 amide bonds. The molecule has 0 aliphatic heterocycles. The number of rotatable bonds is 5. The van der Waals surface area contributed by atoms with E-state index in [9.17, 15) is 0 Å². The molecule has 0 aliphatic rings. The molecule has 62 valence electrons. The van der Waals surface area contributed by atoms with Gasteiger partial charge < -0.3 is 0 Å². The van der Waals surface area contributed by atoms with E-state index in [0.717, 1.165) is 13.1 Å². The molecule has 0 aromatic carbocycles. The van der Waals surface area contributed by atoms with Crippen molar-refractivity contribution in [3.63, 3.8) is 0 Å². The number of halogens is 1. The van der Waals surface area contributed by atoms with Gasteiger partial charge in [-0.15, -0.1) is 12.4 Å². The van der Waals surface area contributed by atoms with E-state index in [-0.39, 0.29) is 12.4 Å². The highest BCUT2D eigenvalue weighted by Gasteiger charge is 1.89. The first-order valence-corrected chi connectivity index (χ1v) is 3.12. The second-order valence-electron chi connectivity index (χ2n) is 1.52. The summed E-state index contributed by atoms with van der Waals surface area (Å²) in [5.74, 6) is 0. The Balaban J connectivity index is 0. The average Bonchev–Trinajstić information content (AvgIpc) is 1.88. The quantitative estimate of drug-likeness (QED) is 0.314. The first-order chi connectivity index (χ1) is 4.35. The standard InChI is InChI=1S/C5H14N4.ClH/c1-3-7-9(5-6)8-4-2;/h5-8H,3-4H2,1-2H3;1H. The summed E-state index contributed by atoms with van der Waals surface area (Å²) in [4.78, 5) is 0. The molecule has 0 aromatic heterocycles. The third-order valence-electron chi connectivity index (χ3n) is 0.786. The minimum absolute atomic E-state index is 0. The lowest BCUT2D eigenvalue weighted by Gasteiger charge is -2.18. The Morgan fingerprint density at radius 2 is 1.70 bits per heavy atom. The van der Waals surface area contributed by atoms with Crippen molar-refractivity contribution < 1.29 is 0 Å². The van der Waals surface area contributed by atoms with Crippen LogP contribution in [-0.2, 0) is 0 Å². The van der Waals surface area contributed by atoms with Gasteiger partial charge in [0.05, 0.1) is 0 Å². The van der Waals surface area contributed by atoms with E-state index in [1.807, 2.05) is 13.8 Å². The highest BCUT2D eigenvalue weighted by atomic mass is 35.5. The molecule has 0 rings (SSSR count). The van der Waals surface area contributed by atoms with Crippen molar-refractivity contribution in [2.24, 2.45) is 0 Å². The molecule has 0 bridgehead atoms. The van der Waals surface area contributed by atoms with Gasteiger partial charge in [-0.1, -0.05) is 13.8 Å². The summed E-state index contributed by atoms with van der Waals surface area (Å²) in [6.07, 6.45) is 1.20. The summed E-state index contributed by atoms with van der Waals surface area (Å²) < 4.78 is 0. The minimum atomic E-state index is 0. The van der Waals surface area contributed by atoms with Crippen molar-refractivity contribution in [1.29, 1.82) is 5.41 Å². The molecule has 0 fully saturated rings. The van der Waals surface area contributed by atoms with Crippen LogP contribution in [0.5, 0.6) is 0 Å². The molecule has 0 saturated heterocycles. The minimum Gasteiger partial charge on any atom is -0.289 e. The third-order valence-corrected chi connectivity index (χ3v) is 0.786. The Morgan fingerprint density at radius 1 is 1.30 bits per heavy atom. The van der Waals surface area contributed by atoms with Crippen molar-refractivity contribution >= 4 is 18.7 Å². The van der Waals surface area contributed by atoms with Gasteiger partial charge in [0.25, 0.3) is 0 Å². The van der Waals surface area contributed by atoms with Crippen LogP contribution in [0.4, 0.5) is 0 Å². The fourth-order valence-electron chi connectivity index (χ4n) is 0.488. The van der Waals surface area contributed by atoms with Gasteiger partial charge in [0.1, 0.15) is 6.34 Å². The molecular weight excluding hydrogens is 152 g/mol. The van der Waals surface area contributed by atoms with Crippen LogP contribution in [0.1, 0.15) is 13.8 Å². The topological polar surface area (TPSA) is 51.2 Å². The summed E-state index contributed by atoms with van der Waals surface area (Å²) in [6, 6.07) is 0. The zero-order valence-electron chi connectivity index (χ0n) is 6.35. The Kier molecular flexibility index (Phi) is 10.7. The lowest BCUT2D eigenvalue weighted by atomic mass is 10.8. The van der Waals surface area contributed by atoms with Gasteiger partial charge in [-0.25, -0.2) is 16.0 Å². The van der Waals surface area contributed by atoms with Gasteiger partial charge in [0, 0.05) is 13.1 Å². The summed E-state index contributed by atoms with van der Waals surface area (Å²) in [5, 5.41) is 8.37. The highest BCUT2D eigenvalue weighted by molar-refractivity contribution is 5.85. The van der Waals surface area contributed by atoms with E-state index < -0.39 is 0 Å². The number of nitrogens with zero attached hydrogens (tertiary/aromatic N) is 1. The Bertz CT molecular complexity index is 72.0. The number of hydrogen-bond acceptors (Lipinski definition) is 3. The predicted molar refractivity (Wildman–Crippen MR) is 45.2 cm³/mol. The largest absolute Gasteiger partial charge is 0.289 e. The van der Waals surface area contributed by atoms with Crippen molar-refractivity contribution in [3.05, 3.63) is 0 Å². The lowest BCUT2D eigenvalue weighted by molar-refractivity contribution is 0.239. The fourth-order valence-corrected chi connectivity index (χ4v) is 0.488. The molecule has 0 atom stereocenters. The van der Waals surface area contributed by atoms with Gasteiger partial charge in [0.15, 0.2) is 0 Å².